The van der Waals surface area contributed by atoms with Gasteiger partial charge in [0.2, 0.25) is 0 Å². The van der Waals surface area contributed by atoms with Gasteiger partial charge < -0.3 is 19.2 Å². The van der Waals surface area contributed by atoms with Crippen LogP contribution in [0, 0.1) is 0 Å². The quantitative estimate of drug-likeness (QED) is 0.158. The van der Waals surface area contributed by atoms with E-state index in [-0.39, 0.29) is 0 Å². The lowest BCUT2D eigenvalue weighted by atomic mass is 10.1. The predicted octanol–water partition coefficient (Wildman–Crippen LogP) is 6.04. The number of unbranched alkanes of at least 4 members (excludes halogenated alkanes) is 15. The maximum Gasteiger partial charge on any atom is 0.0526 e. The summed E-state index contributed by atoms with van der Waals surface area (Å²) >= 11 is 0. The summed E-state index contributed by atoms with van der Waals surface area (Å²) in [5, 5.41) is 0. The van der Waals surface area contributed by atoms with E-state index in [1.807, 2.05) is 0 Å². The lowest BCUT2D eigenvalue weighted by molar-refractivity contribution is -0.432. The summed E-state index contributed by atoms with van der Waals surface area (Å²) in [6.07, 6.45) is 30.1. The van der Waals surface area contributed by atoms with Crippen molar-refractivity contribution in [3.8, 4) is 0 Å². The van der Waals surface area contributed by atoms with E-state index in [0.717, 1.165) is 0 Å². The Morgan fingerprint density at radius 1 is 0.438 bits per heavy atom. The van der Waals surface area contributed by atoms with E-state index in [4.69, 9.17) is 19.2 Å². The molecule has 200 valence electrons. The summed E-state index contributed by atoms with van der Waals surface area (Å²) in [4.78, 5) is 25.6. The van der Waals surface area contributed by atoms with Gasteiger partial charge in [0.25, 0.3) is 0 Å². The molecule has 0 aromatic carbocycles. The maximum atomic E-state index is 8.55. The molecule has 4 nitrogen and oxygen atoms in total. The zero-order valence-corrected chi connectivity index (χ0v) is 27.2. The molecule has 32 heavy (non-hydrogen) atoms. The molecule has 0 radical (unpaired) electrons. The van der Waals surface area contributed by atoms with Gasteiger partial charge in [0.15, 0.2) is 0 Å². The van der Waals surface area contributed by atoms with Crippen molar-refractivity contribution in [3.63, 3.8) is 0 Å². The number of hydrogen-bond donors (Lipinski definition) is 0. The fourth-order valence-corrected chi connectivity index (χ4v) is 3.93. The van der Waals surface area contributed by atoms with Crippen LogP contribution in [0.2, 0.25) is 0 Å². The van der Waals surface area contributed by atoms with Crippen LogP contribution >= 0.6 is 35.5 Å². The van der Waals surface area contributed by atoms with Crippen molar-refractivity contribution < 1.29 is 19.2 Å². The second-order valence-corrected chi connectivity index (χ2v) is 11.3. The third kappa shape index (κ3) is 77.1. The number of phosphoric acid groups is 1. The van der Waals surface area contributed by atoms with E-state index in [9.17, 15) is 0 Å². The van der Waals surface area contributed by atoms with Gasteiger partial charge in [-0.1, -0.05) is 97.8 Å². The Hall–Kier alpha value is 1.40. The molecule has 0 fully saturated rings. The van der Waals surface area contributed by atoms with Crippen LogP contribution in [0.4, 0.5) is 0 Å². The van der Waals surface area contributed by atoms with Crippen molar-refractivity contribution in [2.45, 2.75) is 136 Å². The molecule has 0 aromatic rings. The summed E-state index contributed by atoms with van der Waals surface area (Å²) in [6, 6.07) is 0. The molecule has 0 saturated heterocycles. The molecule has 3 unspecified atom stereocenters. The van der Waals surface area contributed by atoms with E-state index in [1.54, 1.807) is 0 Å². The van der Waals surface area contributed by atoms with E-state index in [1.165, 1.54) is 134 Å². The molecule has 0 amide bonds. The van der Waals surface area contributed by atoms with Crippen molar-refractivity contribution in [2.24, 2.45) is 0 Å². The third-order valence-corrected chi connectivity index (χ3v) is 6.31. The first-order chi connectivity index (χ1) is 15.2. The van der Waals surface area contributed by atoms with E-state index < -0.39 is 7.82 Å². The van der Waals surface area contributed by atoms with E-state index >= 15 is 0 Å². The van der Waals surface area contributed by atoms with Gasteiger partial charge in [-0.25, -0.2) is 0 Å². The van der Waals surface area contributed by atoms with Crippen LogP contribution in [-0.4, -0.2) is 18.5 Å². The number of rotatable bonds is 18. The fraction of sp³-hybridized carbons (Fsp3) is 1.00. The first-order valence-corrected chi connectivity index (χ1v) is 17.8. The molecular formula is C24H60O4P4. The standard InChI is InChI=1S/3C8H19P.H3O4P/c3*1-2-3-4-5-6-7-8-9;1-5(2,3)4/h3*2-9H2,1H3;(H3,1,2,3,4). The molecule has 8 heteroatoms. The van der Waals surface area contributed by atoms with Crippen LogP contribution < -0.4 is 14.7 Å². The van der Waals surface area contributed by atoms with Crippen molar-refractivity contribution in [1.29, 1.82) is 0 Å². The van der Waals surface area contributed by atoms with Gasteiger partial charge in [0.1, 0.15) is 0 Å². The lowest BCUT2D eigenvalue weighted by Gasteiger charge is -2.36. The van der Waals surface area contributed by atoms with Gasteiger partial charge in [-0.15, -0.1) is 0 Å². The molecule has 0 bridgehead atoms. The van der Waals surface area contributed by atoms with Gasteiger partial charge in [0, 0.05) is 0 Å². The normalized spacial score (nSPS) is 10.6. The van der Waals surface area contributed by atoms with Crippen LogP contribution in [0.15, 0.2) is 0 Å². The highest BCUT2D eigenvalue weighted by atomic mass is 31.2. The van der Waals surface area contributed by atoms with E-state index in [0.29, 0.717) is 0 Å². The van der Waals surface area contributed by atoms with Crippen LogP contribution in [0.1, 0.15) is 136 Å². The topological polar surface area (TPSA) is 86.2 Å². The zero-order chi connectivity index (χ0) is 25.3. The zero-order valence-electron chi connectivity index (χ0n) is 22.1. The first kappa shape index (κ1) is 40.6. The Morgan fingerprint density at radius 2 is 0.594 bits per heavy atom. The number of hydrogen-bond acceptors (Lipinski definition) is 4. The average molecular weight is 537 g/mol. The van der Waals surface area contributed by atoms with E-state index in [2.05, 4.69) is 48.5 Å². The summed E-state index contributed by atoms with van der Waals surface area (Å²) in [5.41, 5.74) is 0. The molecule has 0 rings (SSSR count). The van der Waals surface area contributed by atoms with Crippen LogP contribution in [0.3, 0.4) is 0 Å². The molecule has 0 heterocycles. The smallest absolute Gasteiger partial charge is 0.0526 e. The highest BCUT2D eigenvalue weighted by Crippen LogP contribution is 2.07. The SMILES string of the molecule is CCCCCCCC[PH3+].CCCCCCCC[PH3+].CCCCCCCC[PH3+].O=P([O-])([O-])[O-]. The van der Waals surface area contributed by atoms with Crippen molar-refractivity contribution >= 4 is 35.5 Å². The summed E-state index contributed by atoms with van der Waals surface area (Å²) < 4.78 is 8.55. The van der Waals surface area contributed by atoms with Gasteiger partial charge in [-0.2, -0.15) is 7.82 Å². The Balaban J connectivity index is -0.000000167. The maximum absolute atomic E-state index is 8.55. The fourth-order valence-electron chi connectivity index (χ4n) is 2.87. The second kappa shape index (κ2) is 39.6. The minimum Gasteiger partial charge on any atom is -0.822 e. The molecule has 0 aromatic heterocycles. The van der Waals surface area contributed by atoms with Gasteiger partial charge >= 0.3 is 0 Å². The first-order valence-electron chi connectivity index (χ1n) is 13.4. The molecule has 3 atom stereocenters. The molecule has 0 aliphatic carbocycles. The second-order valence-electron chi connectivity index (χ2n) is 8.31. The van der Waals surface area contributed by atoms with Crippen LogP contribution in [-0.2, 0) is 4.57 Å². The molecule has 0 aliphatic rings. The highest BCUT2D eigenvalue weighted by molar-refractivity contribution is 7.40. The molecule has 0 saturated carbocycles. The van der Waals surface area contributed by atoms with Crippen molar-refractivity contribution in [3.05, 3.63) is 0 Å². The van der Waals surface area contributed by atoms with Crippen LogP contribution in [0.5, 0.6) is 0 Å². The summed E-state index contributed by atoms with van der Waals surface area (Å²) in [6.45, 7) is 6.80. The van der Waals surface area contributed by atoms with Crippen LogP contribution in [0.25, 0.3) is 0 Å². The minimum absolute atomic E-state index is 1.37. The largest absolute Gasteiger partial charge is 0.822 e. The van der Waals surface area contributed by atoms with Crippen molar-refractivity contribution in [2.75, 3.05) is 18.5 Å². The summed E-state index contributed by atoms with van der Waals surface area (Å²) in [7, 11) is 0.889. The Labute approximate surface area is 209 Å². The molecular weight excluding hydrogens is 476 g/mol. The highest BCUT2D eigenvalue weighted by Gasteiger charge is 1.88. The molecule has 0 spiro atoms. The minimum atomic E-state index is -5.39. The predicted molar refractivity (Wildman–Crippen MR) is 156 cm³/mol. The Kier molecular flexibility index (Phi) is 50.2. The van der Waals surface area contributed by atoms with Gasteiger partial charge in [-0.05, 0) is 66.2 Å². The monoisotopic (exact) mass is 536 g/mol. The Morgan fingerprint density at radius 3 is 0.750 bits per heavy atom. The van der Waals surface area contributed by atoms with Crippen molar-refractivity contribution in [1.82, 2.24) is 0 Å². The Bertz CT molecular complexity index is 270. The van der Waals surface area contributed by atoms with Gasteiger partial charge in [-0.3, -0.25) is 0 Å². The molecule has 0 aliphatic heterocycles. The average Bonchev–Trinajstić information content (AvgIpc) is 2.73. The summed E-state index contributed by atoms with van der Waals surface area (Å²) in [5.74, 6) is 0. The van der Waals surface area contributed by atoms with Gasteiger partial charge in [0.05, 0.1) is 18.5 Å². The lowest BCUT2D eigenvalue weighted by Crippen LogP contribution is -2.24. The third-order valence-electron chi connectivity index (χ3n) is 4.81. The molecule has 0 N–H and O–H groups in total.